The molecular weight excluding hydrogens is 473 g/mol. The smallest absolute Gasteiger partial charge is 0.420 e. The maximum atomic E-state index is 13.4. The van der Waals surface area contributed by atoms with Crippen molar-refractivity contribution in [3.05, 3.63) is 70.8 Å². The molecule has 0 saturated heterocycles. The highest BCUT2D eigenvalue weighted by atomic mass is 35.5. The van der Waals surface area contributed by atoms with Crippen LogP contribution in [0, 0.1) is 6.92 Å². The summed E-state index contributed by atoms with van der Waals surface area (Å²) in [6.07, 6.45) is -1.02. The van der Waals surface area contributed by atoms with Crippen LogP contribution in [0.15, 0.2) is 54.1 Å². The maximum Gasteiger partial charge on any atom is 0.420 e. The molecule has 0 bridgehead atoms. The predicted molar refractivity (Wildman–Crippen MR) is 121 cm³/mol. The lowest BCUT2D eigenvalue weighted by Gasteiger charge is -2.33. The third-order valence-corrected chi connectivity index (χ3v) is 5.64. The molecule has 180 valence electrons. The SMILES string of the molecule is COc1cc(C2=NOC[C@H](COc3ccc(Cl)cc3C(F)(F)F)N2C)ccc1-n1cnc(C)c1. The number of ether oxygens (including phenoxy) is 2. The number of benzene rings is 2. The van der Waals surface area contributed by atoms with E-state index in [1.807, 2.05) is 40.8 Å². The van der Waals surface area contributed by atoms with Crippen LogP contribution in [-0.4, -0.2) is 53.7 Å². The molecule has 0 fully saturated rings. The Bertz CT molecular complexity index is 1210. The molecule has 34 heavy (non-hydrogen) atoms. The first kappa shape index (κ1) is 23.7. The molecule has 0 radical (unpaired) electrons. The summed E-state index contributed by atoms with van der Waals surface area (Å²) in [5, 5.41) is 4.13. The summed E-state index contributed by atoms with van der Waals surface area (Å²) < 4.78 is 53.1. The predicted octanol–water partition coefficient (Wildman–Crippen LogP) is 4.93. The summed E-state index contributed by atoms with van der Waals surface area (Å²) in [5.74, 6) is 0.801. The average molecular weight is 495 g/mol. The van der Waals surface area contributed by atoms with Crippen LogP contribution in [0.2, 0.25) is 5.02 Å². The number of oxime groups is 1. The van der Waals surface area contributed by atoms with E-state index in [-0.39, 0.29) is 30.0 Å². The third-order valence-electron chi connectivity index (χ3n) is 5.41. The summed E-state index contributed by atoms with van der Waals surface area (Å²) >= 11 is 5.74. The topological polar surface area (TPSA) is 61.1 Å². The number of alkyl halides is 3. The highest BCUT2D eigenvalue weighted by molar-refractivity contribution is 6.30. The molecule has 4 rings (SSSR count). The second-order valence-corrected chi connectivity index (χ2v) is 8.17. The second kappa shape index (κ2) is 9.46. The van der Waals surface area contributed by atoms with Crippen LogP contribution in [0.5, 0.6) is 11.5 Å². The van der Waals surface area contributed by atoms with Crippen molar-refractivity contribution < 1.29 is 27.5 Å². The molecule has 1 aliphatic heterocycles. The first-order valence-electron chi connectivity index (χ1n) is 10.3. The average Bonchev–Trinajstić information content (AvgIpc) is 3.24. The Kier molecular flexibility index (Phi) is 6.60. The molecule has 11 heteroatoms. The van der Waals surface area contributed by atoms with E-state index in [1.165, 1.54) is 12.1 Å². The van der Waals surface area contributed by atoms with E-state index in [2.05, 4.69) is 10.1 Å². The van der Waals surface area contributed by atoms with Crippen LogP contribution in [0.25, 0.3) is 5.69 Å². The molecule has 1 aromatic heterocycles. The van der Waals surface area contributed by atoms with Gasteiger partial charge in [-0.05, 0) is 43.3 Å². The molecule has 1 atom stereocenters. The number of methoxy groups -OCH3 is 1. The Hall–Kier alpha value is -3.40. The van der Waals surface area contributed by atoms with Gasteiger partial charge in [-0.2, -0.15) is 13.2 Å². The fourth-order valence-corrected chi connectivity index (χ4v) is 3.74. The minimum atomic E-state index is -4.59. The van der Waals surface area contributed by atoms with Crippen LogP contribution in [0.4, 0.5) is 13.2 Å². The van der Waals surface area contributed by atoms with Crippen LogP contribution < -0.4 is 9.47 Å². The molecular formula is C23H22ClF3N4O3. The van der Waals surface area contributed by atoms with Crippen molar-refractivity contribution in [2.75, 3.05) is 27.4 Å². The Morgan fingerprint density at radius 1 is 1.18 bits per heavy atom. The summed E-state index contributed by atoms with van der Waals surface area (Å²) in [4.78, 5) is 11.4. The minimum absolute atomic E-state index is 0.0181. The van der Waals surface area contributed by atoms with E-state index >= 15 is 0 Å². The molecule has 7 nitrogen and oxygen atoms in total. The van der Waals surface area contributed by atoms with Crippen molar-refractivity contribution in [1.82, 2.24) is 14.5 Å². The van der Waals surface area contributed by atoms with Crippen molar-refractivity contribution in [3.63, 3.8) is 0 Å². The van der Waals surface area contributed by atoms with E-state index in [0.29, 0.717) is 17.1 Å². The van der Waals surface area contributed by atoms with E-state index < -0.39 is 11.7 Å². The number of nitrogens with zero attached hydrogens (tertiary/aromatic N) is 4. The number of imidazole rings is 1. The molecule has 0 aliphatic carbocycles. The Balaban J connectivity index is 1.53. The molecule has 0 saturated carbocycles. The number of hydrogen-bond acceptors (Lipinski definition) is 6. The lowest BCUT2D eigenvalue weighted by molar-refractivity contribution is -0.139. The van der Waals surface area contributed by atoms with Crippen molar-refractivity contribution in [1.29, 1.82) is 0 Å². The van der Waals surface area contributed by atoms with Gasteiger partial charge < -0.3 is 23.8 Å². The van der Waals surface area contributed by atoms with Gasteiger partial charge in [0.15, 0.2) is 5.84 Å². The fourth-order valence-electron chi connectivity index (χ4n) is 3.57. The van der Waals surface area contributed by atoms with Crippen molar-refractivity contribution >= 4 is 17.4 Å². The molecule has 0 N–H and O–H groups in total. The first-order chi connectivity index (χ1) is 16.2. The molecule has 0 amide bonds. The number of amidine groups is 1. The molecule has 2 aromatic carbocycles. The largest absolute Gasteiger partial charge is 0.495 e. The van der Waals surface area contributed by atoms with Gasteiger partial charge in [0.05, 0.1) is 30.4 Å². The fraction of sp³-hybridized carbons (Fsp3) is 0.304. The van der Waals surface area contributed by atoms with Gasteiger partial charge in [-0.3, -0.25) is 0 Å². The maximum absolute atomic E-state index is 13.4. The standard InChI is InChI=1S/C23H22ClF3N4O3/c1-14-10-31(13-28-14)19-6-4-15(8-21(19)32-3)22-29-34-12-17(30(22)2)11-33-20-7-5-16(24)9-18(20)23(25,26)27/h4-10,13,17H,11-12H2,1-3H3/t17-/m0/s1. The van der Waals surface area contributed by atoms with Crippen molar-refractivity contribution in [2.24, 2.45) is 5.16 Å². The van der Waals surface area contributed by atoms with E-state index in [0.717, 1.165) is 17.4 Å². The molecule has 1 aliphatic rings. The van der Waals surface area contributed by atoms with Crippen molar-refractivity contribution in [2.45, 2.75) is 19.1 Å². The Morgan fingerprint density at radius 3 is 2.65 bits per heavy atom. The summed E-state index contributed by atoms with van der Waals surface area (Å²) in [6, 6.07) is 8.58. The molecule has 0 spiro atoms. The van der Waals surface area contributed by atoms with Crippen LogP contribution in [0.3, 0.4) is 0 Å². The van der Waals surface area contributed by atoms with Crippen LogP contribution in [-0.2, 0) is 11.0 Å². The Morgan fingerprint density at radius 2 is 1.97 bits per heavy atom. The number of halogens is 4. The summed E-state index contributed by atoms with van der Waals surface area (Å²) in [6.45, 7) is 1.99. The minimum Gasteiger partial charge on any atom is -0.495 e. The number of aryl methyl sites for hydroxylation is 1. The van der Waals surface area contributed by atoms with Gasteiger partial charge in [0.25, 0.3) is 0 Å². The quantitative estimate of drug-likeness (QED) is 0.486. The Labute approximate surface area is 199 Å². The van der Waals surface area contributed by atoms with Crippen LogP contribution in [0.1, 0.15) is 16.8 Å². The van der Waals surface area contributed by atoms with Gasteiger partial charge in [-0.15, -0.1) is 0 Å². The second-order valence-electron chi connectivity index (χ2n) is 7.73. The third kappa shape index (κ3) is 4.91. The molecule has 3 aromatic rings. The van der Waals surface area contributed by atoms with Crippen LogP contribution >= 0.6 is 11.6 Å². The lowest BCUT2D eigenvalue weighted by atomic mass is 10.1. The van der Waals surface area contributed by atoms with Gasteiger partial charge in [0.1, 0.15) is 30.8 Å². The van der Waals surface area contributed by atoms with Gasteiger partial charge in [-0.1, -0.05) is 16.8 Å². The molecule has 2 heterocycles. The van der Waals surface area contributed by atoms with E-state index in [1.54, 1.807) is 20.5 Å². The van der Waals surface area contributed by atoms with E-state index in [9.17, 15) is 13.2 Å². The number of hydrogen-bond donors (Lipinski definition) is 0. The zero-order valence-electron chi connectivity index (χ0n) is 18.6. The zero-order valence-corrected chi connectivity index (χ0v) is 19.4. The summed E-state index contributed by atoms with van der Waals surface area (Å²) in [7, 11) is 3.35. The number of likely N-dealkylation sites (N-methyl/N-ethyl adjacent to an activating group) is 1. The van der Waals surface area contributed by atoms with Crippen molar-refractivity contribution in [3.8, 4) is 17.2 Å². The summed E-state index contributed by atoms with van der Waals surface area (Å²) in [5.41, 5.74) is 1.46. The highest BCUT2D eigenvalue weighted by Gasteiger charge is 2.35. The van der Waals surface area contributed by atoms with E-state index in [4.69, 9.17) is 25.9 Å². The monoisotopic (exact) mass is 494 g/mol. The highest BCUT2D eigenvalue weighted by Crippen LogP contribution is 2.38. The van der Waals surface area contributed by atoms with Gasteiger partial charge >= 0.3 is 6.18 Å². The zero-order chi connectivity index (χ0) is 24.5. The number of rotatable bonds is 6. The normalized spacial score (nSPS) is 16.1. The van der Waals surface area contributed by atoms with Gasteiger partial charge in [0, 0.05) is 23.8 Å². The first-order valence-corrected chi connectivity index (χ1v) is 10.7. The van der Waals surface area contributed by atoms with Gasteiger partial charge in [0.2, 0.25) is 0 Å². The van der Waals surface area contributed by atoms with Gasteiger partial charge in [-0.25, -0.2) is 4.98 Å². The number of aromatic nitrogens is 2. The molecule has 0 unspecified atom stereocenters. The lowest BCUT2D eigenvalue weighted by Crippen LogP contribution is -2.47.